The normalized spacial score (nSPS) is 11.1. The zero-order chi connectivity index (χ0) is 16.1. The summed E-state index contributed by atoms with van der Waals surface area (Å²) >= 11 is 0. The molecule has 1 aromatic heterocycles. The van der Waals surface area contributed by atoms with Gasteiger partial charge in [-0.1, -0.05) is 60.7 Å². The summed E-state index contributed by atoms with van der Waals surface area (Å²) in [6.07, 6.45) is 4.65. The van der Waals surface area contributed by atoms with Gasteiger partial charge in [-0.05, 0) is 24.1 Å². The highest BCUT2D eigenvalue weighted by Gasteiger charge is 2.09. The van der Waals surface area contributed by atoms with Crippen molar-refractivity contribution in [2.75, 3.05) is 0 Å². The summed E-state index contributed by atoms with van der Waals surface area (Å²) in [5.41, 5.74) is 0.959. The molecule has 2 aromatic carbocycles. The number of para-hydroxylation sites is 1. The van der Waals surface area contributed by atoms with Gasteiger partial charge in [0.25, 0.3) is 0 Å². The number of aromatic nitrogens is 3. The first-order valence-electron chi connectivity index (χ1n) is 7.42. The molecule has 0 saturated heterocycles. The average molecular weight is 307 g/mol. The zero-order valence-corrected chi connectivity index (χ0v) is 12.6. The summed E-state index contributed by atoms with van der Waals surface area (Å²) in [7, 11) is 0. The maximum absolute atomic E-state index is 12.3. The van der Waals surface area contributed by atoms with Crippen molar-refractivity contribution in [1.29, 1.82) is 0 Å². The van der Waals surface area contributed by atoms with E-state index in [1.54, 1.807) is 24.3 Å². The molecule has 23 heavy (non-hydrogen) atoms. The molecule has 0 amide bonds. The van der Waals surface area contributed by atoms with E-state index < -0.39 is 5.69 Å². The van der Waals surface area contributed by atoms with Gasteiger partial charge < -0.3 is 0 Å². The first-order valence-corrected chi connectivity index (χ1v) is 7.42. The monoisotopic (exact) mass is 307 g/mol. The standard InChI is InChI=1S/C18H17N3O2/c22-17-19-20(14-8-7-11-15-9-3-1-4-10-15)18(23)21(17)16-12-5-2-6-13-16/h1-10,12-13H,11,14H2,(H,19,22)/b8-7+. The van der Waals surface area contributed by atoms with Crippen LogP contribution in [-0.2, 0) is 13.0 Å². The quantitative estimate of drug-likeness (QED) is 0.734. The van der Waals surface area contributed by atoms with Crippen LogP contribution in [0.25, 0.3) is 5.69 Å². The Hall–Kier alpha value is -3.08. The Bertz CT molecular complexity index is 903. The van der Waals surface area contributed by atoms with Crippen molar-refractivity contribution in [1.82, 2.24) is 14.3 Å². The van der Waals surface area contributed by atoms with E-state index in [2.05, 4.69) is 5.10 Å². The molecule has 3 rings (SSSR count). The first kappa shape index (κ1) is 14.8. The third-order valence-electron chi connectivity index (χ3n) is 3.52. The summed E-state index contributed by atoms with van der Waals surface area (Å²) < 4.78 is 2.43. The Morgan fingerprint density at radius 1 is 0.870 bits per heavy atom. The Kier molecular flexibility index (Phi) is 4.38. The summed E-state index contributed by atoms with van der Waals surface area (Å²) in [6.45, 7) is 0.334. The average Bonchev–Trinajstić information content (AvgIpc) is 2.87. The number of hydrogen-bond donors (Lipinski definition) is 1. The molecule has 1 N–H and O–H groups in total. The van der Waals surface area contributed by atoms with E-state index in [9.17, 15) is 9.59 Å². The van der Waals surface area contributed by atoms with Crippen molar-refractivity contribution in [3.05, 3.63) is 99.3 Å². The molecule has 0 bridgehead atoms. The fraction of sp³-hybridized carbons (Fsp3) is 0.111. The van der Waals surface area contributed by atoms with Crippen molar-refractivity contribution in [2.45, 2.75) is 13.0 Å². The number of benzene rings is 2. The molecule has 0 radical (unpaired) electrons. The topological polar surface area (TPSA) is 59.8 Å². The van der Waals surface area contributed by atoms with Crippen LogP contribution in [-0.4, -0.2) is 14.3 Å². The minimum atomic E-state index is -0.433. The molecule has 0 spiro atoms. The molecule has 0 unspecified atom stereocenters. The highest BCUT2D eigenvalue weighted by molar-refractivity contribution is 5.30. The van der Waals surface area contributed by atoms with Gasteiger partial charge in [0.1, 0.15) is 0 Å². The minimum absolute atomic E-state index is 0.334. The second-order valence-corrected chi connectivity index (χ2v) is 5.14. The van der Waals surface area contributed by atoms with Crippen molar-refractivity contribution >= 4 is 0 Å². The molecular formula is C18H17N3O2. The number of rotatable bonds is 5. The van der Waals surface area contributed by atoms with Crippen molar-refractivity contribution in [2.24, 2.45) is 0 Å². The number of nitrogens with zero attached hydrogens (tertiary/aromatic N) is 2. The lowest BCUT2D eigenvalue weighted by molar-refractivity contribution is 0.662. The van der Waals surface area contributed by atoms with E-state index >= 15 is 0 Å². The lowest BCUT2D eigenvalue weighted by Gasteiger charge is -1.98. The largest absolute Gasteiger partial charge is 0.351 e. The second kappa shape index (κ2) is 6.79. The van der Waals surface area contributed by atoms with Crippen LogP contribution < -0.4 is 11.4 Å². The van der Waals surface area contributed by atoms with E-state index in [0.717, 1.165) is 11.0 Å². The van der Waals surface area contributed by atoms with Crippen LogP contribution in [0.3, 0.4) is 0 Å². The zero-order valence-electron chi connectivity index (χ0n) is 12.6. The van der Waals surface area contributed by atoms with Crippen LogP contribution in [0.15, 0.2) is 82.4 Å². The van der Waals surface area contributed by atoms with E-state index in [-0.39, 0.29) is 5.69 Å². The fourth-order valence-electron chi connectivity index (χ4n) is 2.36. The van der Waals surface area contributed by atoms with Crippen molar-refractivity contribution < 1.29 is 0 Å². The highest BCUT2D eigenvalue weighted by atomic mass is 16.2. The van der Waals surface area contributed by atoms with Gasteiger partial charge in [-0.2, -0.15) is 0 Å². The smallest absolute Gasteiger partial charge is 0.246 e. The third-order valence-corrected chi connectivity index (χ3v) is 3.52. The third kappa shape index (κ3) is 3.40. The molecule has 0 atom stereocenters. The molecule has 116 valence electrons. The summed E-state index contributed by atoms with van der Waals surface area (Å²) in [5.74, 6) is 0. The van der Waals surface area contributed by atoms with Crippen LogP contribution in [0.5, 0.6) is 0 Å². The lowest BCUT2D eigenvalue weighted by Crippen LogP contribution is -2.27. The number of H-pyrrole nitrogens is 1. The van der Waals surface area contributed by atoms with Gasteiger partial charge in [0, 0.05) is 0 Å². The van der Waals surface area contributed by atoms with Gasteiger partial charge in [0.05, 0.1) is 12.2 Å². The van der Waals surface area contributed by atoms with E-state index in [1.165, 1.54) is 10.2 Å². The molecule has 1 heterocycles. The van der Waals surface area contributed by atoms with Crippen molar-refractivity contribution in [3.63, 3.8) is 0 Å². The maximum atomic E-state index is 12.3. The van der Waals surface area contributed by atoms with Gasteiger partial charge in [0.15, 0.2) is 0 Å². The predicted octanol–water partition coefficient (Wildman–Crippen LogP) is 2.13. The van der Waals surface area contributed by atoms with Crippen LogP contribution in [0, 0.1) is 0 Å². The van der Waals surface area contributed by atoms with E-state index in [4.69, 9.17) is 0 Å². The Balaban J connectivity index is 1.75. The fourth-order valence-corrected chi connectivity index (χ4v) is 2.36. The number of allylic oxidation sites excluding steroid dienone is 2. The summed E-state index contributed by atoms with van der Waals surface area (Å²) in [6, 6.07) is 18.9. The first-order chi connectivity index (χ1) is 11.3. The summed E-state index contributed by atoms with van der Waals surface area (Å²) in [5, 5.41) is 2.57. The van der Waals surface area contributed by atoms with Crippen LogP contribution in [0.4, 0.5) is 0 Å². The maximum Gasteiger partial charge on any atom is 0.351 e. The Morgan fingerprint density at radius 2 is 1.52 bits per heavy atom. The van der Waals surface area contributed by atoms with Crippen LogP contribution in [0.2, 0.25) is 0 Å². The number of nitrogens with one attached hydrogen (secondary N) is 1. The van der Waals surface area contributed by atoms with Crippen LogP contribution in [0.1, 0.15) is 5.56 Å². The van der Waals surface area contributed by atoms with Crippen molar-refractivity contribution in [3.8, 4) is 5.69 Å². The van der Waals surface area contributed by atoms with E-state index in [0.29, 0.717) is 12.2 Å². The van der Waals surface area contributed by atoms with Gasteiger partial charge >= 0.3 is 11.4 Å². The lowest BCUT2D eigenvalue weighted by atomic mass is 10.1. The molecule has 5 heteroatoms. The molecule has 0 aliphatic heterocycles. The van der Waals surface area contributed by atoms with Gasteiger partial charge in [-0.25, -0.2) is 23.9 Å². The molecule has 3 aromatic rings. The molecule has 0 fully saturated rings. The highest BCUT2D eigenvalue weighted by Crippen LogP contribution is 2.01. The van der Waals surface area contributed by atoms with Gasteiger partial charge in [-0.15, -0.1) is 0 Å². The predicted molar refractivity (Wildman–Crippen MR) is 89.9 cm³/mol. The molecule has 0 saturated carbocycles. The second-order valence-electron chi connectivity index (χ2n) is 5.14. The molecule has 5 nitrogen and oxygen atoms in total. The number of hydrogen-bond acceptors (Lipinski definition) is 2. The molecule has 0 aliphatic carbocycles. The van der Waals surface area contributed by atoms with Gasteiger partial charge in [0.2, 0.25) is 0 Å². The van der Waals surface area contributed by atoms with Crippen LogP contribution >= 0.6 is 0 Å². The number of aromatic amines is 1. The summed E-state index contributed by atoms with van der Waals surface area (Å²) in [4.78, 5) is 24.3. The van der Waals surface area contributed by atoms with E-state index in [1.807, 2.05) is 48.6 Å². The molecular weight excluding hydrogens is 290 g/mol. The minimum Gasteiger partial charge on any atom is -0.246 e. The Morgan fingerprint density at radius 3 is 2.22 bits per heavy atom. The van der Waals surface area contributed by atoms with Gasteiger partial charge in [-0.3, -0.25) is 0 Å². The SMILES string of the molecule is O=c1[nH]n(C/C=C/Cc2ccccc2)c(=O)n1-c1ccccc1. The molecule has 0 aliphatic rings. The Labute approximate surface area is 133 Å².